The Hall–Kier alpha value is -2.32. The highest BCUT2D eigenvalue weighted by Crippen LogP contribution is 2.26. The maximum absolute atomic E-state index is 12.9. The summed E-state index contributed by atoms with van der Waals surface area (Å²) in [4.78, 5) is 21.0. The zero-order valence-corrected chi connectivity index (χ0v) is 15.7. The number of nitrogens with zero attached hydrogens (tertiary/aromatic N) is 2. The van der Waals surface area contributed by atoms with Crippen LogP contribution in [0.3, 0.4) is 0 Å². The number of hydrogen-bond donors (Lipinski definition) is 1. The van der Waals surface area contributed by atoms with Gasteiger partial charge in [0.05, 0.1) is 24.2 Å². The van der Waals surface area contributed by atoms with E-state index in [4.69, 9.17) is 4.74 Å². The van der Waals surface area contributed by atoms with Crippen molar-refractivity contribution in [3.05, 3.63) is 63.9 Å². The predicted molar refractivity (Wildman–Crippen MR) is 99.8 cm³/mol. The highest BCUT2D eigenvalue weighted by molar-refractivity contribution is 9.10. The van der Waals surface area contributed by atoms with Crippen molar-refractivity contribution in [3.63, 3.8) is 0 Å². The second-order valence-corrected chi connectivity index (χ2v) is 7.23. The number of H-pyrrole nitrogens is 1. The van der Waals surface area contributed by atoms with Gasteiger partial charge in [0.25, 0.3) is 12.3 Å². The van der Waals surface area contributed by atoms with E-state index in [0.717, 1.165) is 10.0 Å². The molecular formula is C19H16BrF2N3O2. The molecule has 1 amide bonds. The van der Waals surface area contributed by atoms with E-state index in [2.05, 4.69) is 25.9 Å². The second kappa shape index (κ2) is 7.36. The maximum Gasteiger partial charge on any atom is 0.295 e. The van der Waals surface area contributed by atoms with Crippen molar-refractivity contribution in [1.29, 1.82) is 0 Å². The lowest BCUT2D eigenvalue weighted by atomic mass is 10.1. The number of halogens is 3. The average molecular weight is 436 g/mol. The van der Waals surface area contributed by atoms with Gasteiger partial charge in [-0.2, -0.15) is 0 Å². The van der Waals surface area contributed by atoms with E-state index in [1.807, 2.05) is 24.3 Å². The van der Waals surface area contributed by atoms with Crippen LogP contribution >= 0.6 is 15.9 Å². The number of nitrogens with one attached hydrogen (secondary N) is 1. The van der Waals surface area contributed by atoms with Crippen LogP contribution in [0.1, 0.15) is 34.3 Å². The van der Waals surface area contributed by atoms with Gasteiger partial charge < -0.3 is 14.6 Å². The molecule has 0 radical (unpaired) electrons. The molecule has 2 aromatic carbocycles. The van der Waals surface area contributed by atoms with Gasteiger partial charge in [0, 0.05) is 16.6 Å². The molecule has 1 aromatic heterocycles. The standard InChI is InChI=1S/C19H16BrF2N3O2/c20-13-4-1-11(2-5-13)16-10-25(7-8-27-16)19(26)12-3-6-14-15(9-12)24-18(23-14)17(21)22/h1-6,9,16-17H,7-8,10H2,(H,23,24). The minimum Gasteiger partial charge on any atom is -0.370 e. The minimum atomic E-state index is -2.68. The first kappa shape index (κ1) is 18.1. The van der Waals surface area contributed by atoms with Crippen molar-refractivity contribution in [2.45, 2.75) is 12.5 Å². The highest BCUT2D eigenvalue weighted by Gasteiger charge is 2.26. The molecule has 1 unspecified atom stereocenters. The Morgan fingerprint density at radius 3 is 2.78 bits per heavy atom. The summed E-state index contributed by atoms with van der Waals surface area (Å²) in [5, 5.41) is 0. The van der Waals surface area contributed by atoms with Gasteiger partial charge in [-0.1, -0.05) is 28.1 Å². The molecule has 3 aromatic rings. The Morgan fingerprint density at radius 2 is 2.04 bits per heavy atom. The van der Waals surface area contributed by atoms with Crippen LogP contribution in [0.15, 0.2) is 46.9 Å². The van der Waals surface area contributed by atoms with Crippen molar-refractivity contribution in [3.8, 4) is 0 Å². The molecule has 1 aliphatic rings. The number of carbonyl (C=O) groups is 1. The monoisotopic (exact) mass is 435 g/mol. The summed E-state index contributed by atoms with van der Waals surface area (Å²) in [6.45, 7) is 1.35. The highest BCUT2D eigenvalue weighted by atomic mass is 79.9. The number of aromatic nitrogens is 2. The summed E-state index contributed by atoms with van der Waals surface area (Å²) in [5.74, 6) is -0.549. The van der Waals surface area contributed by atoms with E-state index in [1.54, 1.807) is 23.1 Å². The van der Waals surface area contributed by atoms with Crippen LogP contribution in [0.4, 0.5) is 8.78 Å². The summed E-state index contributed by atoms with van der Waals surface area (Å²) in [7, 11) is 0. The van der Waals surface area contributed by atoms with Gasteiger partial charge in [-0.25, -0.2) is 13.8 Å². The number of amides is 1. The van der Waals surface area contributed by atoms with E-state index in [9.17, 15) is 13.6 Å². The van der Waals surface area contributed by atoms with E-state index < -0.39 is 12.2 Å². The summed E-state index contributed by atoms with van der Waals surface area (Å²) in [6, 6.07) is 12.6. The van der Waals surface area contributed by atoms with E-state index in [-0.39, 0.29) is 12.0 Å². The van der Waals surface area contributed by atoms with Crippen LogP contribution in [0.25, 0.3) is 11.0 Å². The first-order chi connectivity index (χ1) is 13.0. The molecule has 0 aliphatic carbocycles. The number of benzene rings is 2. The number of ether oxygens (including phenoxy) is 1. The molecule has 2 heterocycles. The number of morpholine rings is 1. The molecule has 5 nitrogen and oxygen atoms in total. The molecule has 0 bridgehead atoms. The topological polar surface area (TPSA) is 58.2 Å². The molecule has 0 spiro atoms. The van der Waals surface area contributed by atoms with Crippen molar-refractivity contribution in [2.24, 2.45) is 0 Å². The quantitative estimate of drug-likeness (QED) is 0.659. The zero-order chi connectivity index (χ0) is 19.0. The van der Waals surface area contributed by atoms with Gasteiger partial charge in [-0.05, 0) is 35.9 Å². The van der Waals surface area contributed by atoms with Crippen LogP contribution in [-0.2, 0) is 4.74 Å². The molecule has 140 valence electrons. The summed E-state index contributed by atoms with van der Waals surface area (Å²) < 4.78 is 32.4. The van der Waals surface area contributed by atoms with Gasteiger partial charge in [-0.15, -0.1) is 0 Å². The number of carbonyl (C=O) groups excluding carboxylic acids is 1. The molecule has 1 fully saturated rings. The molecule has 27 heavy (non-hydrogen) atoms. The van der Waals surface area contributed by atoms with Gasteiger partial charge in [-0.3, -0.25) is 4.79 Å². The van der Waals surface area contributed by atoms with Gasteiger partial charge in [0.2, 0.25) is 0 Å². The molecule has 0 saturated carbocycles. The van der Waals surface area contributed by atoms with Crippen molar-refractivity contribution < 1.29 is 18.3 Å². The molecule has 1 N–H and O–H groups in total. The number of fused-ring (bicyclic) bond motifs is 1. The Bertz CT molecular complexity index is 975. The maximum atomic E-state index is 12.9. The fraction of sp³-hybridized carbons (Fsp3) is 0.263. The average Bonchev–Trinajstić information content (AvgIpc) is 3.12. The molecule has 8 heteroatoms. The van der Waals surface area contributed by atoms with Crippen LogP contribution < -0.4 is 0 Å². The second-order valence-electron chi connectivity index (χ2n) is 6.32. The molecule has 1 atom stereocenters. The van der Waals surface area contributed by atoms with E-state index in [1.165, 1.54) is 0 Å². The molecule has 1 saturated heterocycles. The number of aromatic amines is 1. The first-order valence-electron chi connectivity index (χ1n) is 8.45. The Kier molecular flexibility index (Phi) is 4.92. The largest absolute Gasteiger partial charge is 0.370 e. The predicted octanol–water partition coefficient (Wildman–Crippen LogP) is 4.48. The minimum absolute atomic E-state index is 0.157. The number of alkyl halides is 2. The third kappa shape index (κ3) is 3.72. The van der Waals surface area contributed by atoms with Crippen LogP contribution in [0.5, 0.6) is 0 Å². The fourth-order valence-electron chi connectivity index (χ4n) is 3.16. The normalized spacial score (nSPS) is 17.6. The van der Waals surface area contributed by atoms with Crippen molar-refractivity contribution >= 4 is 32.9 Å². The van der Waals surface area contributed by atoms with Crippen molar-refractivity contribution in [2.75, 3.05) is 19.7 Å². The first-order valence-corrected chi connectivity index (χ1v) is 9.25. The lowest BCUT2D eigenvalue weighted by molar-refractivity contribution is -0.0228. The van der Waals surface area contributed by atoms with Gasteiger partial charge in [0.15, 0.2) is 5.82 Å². The van der Waals surface area contributed by atoms with E-state index in [0.29, 0.717) is 36.3 Å². The third-order valence-electron chi connectivity index (χ3n) is 4.55. The Labute approximate surface area is 162 Å². The number of hydrogen-bond acceptors (Lipinski definition) is 3. The number of imidazole rings is 1. The molecule has 4 rings (SSSR count). The number of rotatable bonds is 3. The van der Waals surface area contributed by atoms with Crippen molar-refractivity contribution in [1.82, 2.24) is 14.9 Å². The summed E-state index contributed by atoms with van der Waals surface area (Å²) in [5.41, 5.74) is 2.27. The SMILES string of the molecule is O=C(c1ccc2nc(C(F)F)[nH]c2c1)N1CCOC(c2ccc(Br)cc2)C1. The summed E-state index contributed by atoms with van der Waals surface area (Å²) in [6.07, 6.45) is -2.88. The van der Waals surface area contributed by atoms with Crippen LogP contribution in [0.2, 0.25) is 0 Å². The van der Waals surface area contributed by atoms with Crippen LogP contribution in [0, 0.1) is 0 Å². The zero-order valence-electron chi connectivity index (χ0n) is 14.2. The Balaban J connectivity index is 1.54. The molecular weight excluding hydrogens is 420 g/mol. The smallest absolute Gasteiger partial charge is 0.295 e. The van der Waals surface area contributed by atoms with Gasteiger partial charge in [0.1, 0.15) is 6.10 Å². The van der Waals surface area contributed by atoms with Crippen LogP contribution in [-0.4, -0.2) is 40.5 Å². The lowest BCUT2D eigenvalue weighted by Gasteiger charge is -2.33. The summed E-state index contributed by atoms with van der Waals surface area (Å²) >= 11 is 3.41. The lowest BCUT2D eigenvalue weighted by Crippen LogP contribution is -2.42. The molecule has 1 aliphatic heterocycles. The third-order valence-corrected chi connectivity index (χ3v) is 5.08. The van der Waals surface area contributed by atoms with Gasteiger partial charge >= 0.3 is 0 Å². The fourth-order valence-corrected chi connectivity index (χ4v) is 3.43. The van der Waals surface area contributed by atoms with E-state index >= 15 is 0 Å². The Morgan fingerprint density at radius 1 is 1.26 bits per heavy atom.